The van der Waals surface area contributed by atoms with Gasteiger partial charge >= 0.3 is 12.1 Å². The summed E-state index contributed by atoms with van der Waals surface area (Å²) in [7, 11) is 0. The SMILES string of the molecule is CC1CC(C(=O)F)N(C(=O)OCC2c3ccccc3-c3ccccc32)C1. The third-order valence-corrected chi connectivity index (χ3v) is 5.34. The smallest absolute Gasteiger partial charge is 0.410 e. The van der Waals surface area contributed by atoms with Gasteiger partial charge in [0, 0.05) is 12.5 Å². The van der Waals surface area contributed by atoms with Crippen molar-refractivity contribution in [2.24, 2.45) is 5.92 Å². The Morgan fingerprint density at radius 3 is 2.23 bits per heavy atom. The number of halogens is 1. The molecule has 1 aliphatic carbocycles. The lowest BCUT2D eigenvalue weighted by Crippen LogP contribution is -2.40. The zero-order valence-electron chi connectivity index (χ0n) is 14.5. The summed E-state index contributed by atoms with van der Waals surface area (Å²) in [5.41, 5.74) is 4.54. The van der Waals surface area contributed by atoms with E-state index in [1.54, 1.807) is 0 Å². The zero-order chi connectivity index (χ0) is 18.3. The molecule has 4 nitrogen and oxygen atoms in total. The highest BCUT2D eigenvalue weighted by Crippen LogP contribution is 2.44. The maximum atomic E-state index is 13.2. The Balaban J connectivity index is 1.53. The van der Waals surface area contributed by atoms with E-state index in [0.29, 0.717) is 13.0 Å². The number of carbonyl (C=O) groups is 2. The van der Waals surface area contributed by atoms with Crippen molar-refractivity contribution >= 4 is 12.1 Å². The molecule has 0 saturated carbocycles. The van der Waals surface area contributed by atoms with Crippen molar-refractivity contribution in [1.82, 2.24) is 4.90 Å². The number of ether oxygens (including phenoxy) is 1. The van der Waals surface area contributed by atoms with E-state index in [9.17, 15) is 14.0 Å². The Morgan fingerprint density at radius 2 is 1.65 bits per heavy atom. The van der Waals surface area contributed by atoms with Gasteiger partial charge < -0.3 is 4.74 Å². The lowest BCUT2D eigenvalue weighted by atomic mass is 9.98. The molecule has 2 aliphatic rings. The van der Waals surface area contributed by atoms with Crippen molar-refractivity contribution in [2.45, 2.75) is 25.3 Å². The molecule has 1 aliphatic heterocycles. The van der Waals surface area contributed by atoms with E-state index < -0.39 is 18.2 Å². The van der Waals surface area contributed by atoms with Crippen LogP contribution in [0.15, 0.2) is 48.5 Å². The highest BCUT2D eigenvalue weighted by molar-refractivity contribution is 5.82. The molecule has 1 saturated heterocycles. The first-order valence-electron chi connectivity index (χ1n) is 8.87. The number of amides is 1. The van der Waals surface area contributed by atoms with Gasteiger partial charge in [-0.1, -0.05) is 55.5 Å². The molecule has 0 bridgehead atoms. The monoisotopic (exact) mass is 353 g/mol. The molecule has 5 heteroatoms. The average Bonchev–Trinajstić information content (AvgIpc) is 3.18. The number of likely N-dealkylation sites (tertiary alicyclic amines) is 1. The fraction of sp³-hybridized carbons (Fsp3) is 0.333. The summed E-state index contributed by atoms with van der Waals surface area (Å²) in [6.45, 7) is 2.41. The van der Waals surface area contributed by atoms with Crippen LogP contribution in [0.3, 0.4) is 0 Å². The molecule has 0 aromatic heterocycles. The highest BCUT2D eigenvalue weighted by Gasteiger charge is 2.39. The first-order valence-corrected chi connectivity index (χ1v) is 8.87. The maximum absolute atomic E-state index is 13.2. The molecule has 0 spiro atoms. The second-order valence-electron chi connectivity index (χ2n) is 7.12. The van der Waals surface area contributed by atoms with Crippen LogP contribution >= 0.6 is 0 Å². The Hall–Kier alpha value is -2.69. The molecule has 2 aromatic rings. The quantitative estimate of drug-likeness (QED) is 0.779. The number of rotatable bonds is 3. The topological polar surface area (TPSA) is 46.6 Å². The molecular formula is C21H20FNO3. The van der Waals surface area contributed by atoms with Gasteiger partial charge in [0.2, 0.25) is 0 Å². The summed E-state index contributed by atoms with van der Waals surface area (Å²) in [4.78, 5) is 24.9. The second-order valence-corrected chi connectivity index (χ2v) is 7.12. The van der Waals surface area contributed by atoms with Crippen molar-refractivity contribution in [3.05, 3.63) is 59.7 Å². The summed E-state index contributed by atoms with van der Waals surface area (Å²) in [5, 5.41) is 0. The van der Waals surface area contributed by atoms with E-state index in [1.807, 2.05) is 43.3 Å². The molecule has 2 aromatic carbocycles. The van der Waals surface area contributed by atoms with Crippen LogP contribution in [0.25, 0.3) is 11.1 Å². The Bertz CT molecular complexity index is 820. The molecule has 1 amide bonds. The first-order chi connectivity index (χ1) is 12.6. The van der Waals surface area contributed by atoms with Crippen molar-refractivity contribution < 1.29 is 18.7 Å². The fourth-order valence-electron chi connectivity index (χ4n) is 4.14. The van der Waals surface area contributed by atoms with Gasteiger partial charge in [0.1, 0.15) is 12.6 Å². The van der Waals surface area contributed by atoms with Crippen LogP contribution in [0.2, 0.25) is 0 Å². The normalized spacial score (nSPS) is 21.4. The average molecular weight is 353 g/mol. The minimum atomic E-state index is -1.47. The Labute approximate surface area is 151 Å². The van der Waals surface area contributed by atoms with Crippen LogP contribution in [0.5, 0.6) is 0 Å². The van der Waals surface area contributed by atoms with E-state index >= 15 is 0 Å². The van der Waals surface area contributed by atoms with Gasteiger partial charge in [0.25, 0.3) is 0 Å². The highest BCUT2D eigenvalue weighted by atomic mass is 19.1. The van der Waals surface area contributed by atoms with Crippen LogP contribution in [0, 0.1) is 5.92 Å². The lowest BCUT2D eigenvalue weighted by Gasteiger charge is -2.22. The van der Waals surface area contributed by atoms with Crippen LogP contribution in [-0.2, 0) is 9.53 Å². The van der Waals surface area contributed by atoms with Crippen molar-refractivity contribution in [3.8, 4) is 11.1 Å². The van der Waals surface area contributed by atoms with Crippen molar-refractivity contribution in [3.63, 3.8) is 0 Å². The van der Waals surface area contributed by atoms with E-state index in [-0.39, 0.29) is 18.4 Å². The second kappa shape index (κ2) is 6.56. The van der Waals surface area contributed by atoms with Gasteiger partial charge in [-0.05, 0) is 34.6 Å². The standard InChI is InChI=1S/C21H20FNO3/c1-13-10-19(20(22)24)23(11-13)21(25)26-12-18-16-8-4-2-6-14(16)15-7-3-5-9-17(15)18/h2-9,13,18-19H,10-12H2,1H3. The Kier molecular flexibility index (Phi) is 4.23. The molecule has 1 fully saturated rings. The number of nitrogens with zero attached hydrogens (tertiary/aromatic N) is 1. The predicted molar refractivity (Wildman–Crippen MR) is 95.5 cm³/mol. The molecule has 0 radical (unpaired) electrons. The minimum Gasteiger partial charge on any atom is -0.448 e. The van der Waals surface area contributed by atoms with Gasteiger partial charge in [0.05, 0.1) is 0 Å². The molecule has 4 rings (SSSR count). The van der Waals surface area contributed by atoms with E-state index in [4.69, 9.17) is 4.74 Å². The molecule has 26 heavy (non-hydrogen) atoms. The van der Waals surface area contributed by atoms with Gasteiger partial charge in [-0.25, -0.2) is 4.79 Å². The van der Waals surface area contributed by atoms with E-state index in [1.165, 1.54) is 4.90 Å². The zero-order valence-corrected chi connectivity index (χ0v) is 14.5. The number of fused-ring (bicyclic) bond motifs is 3. The summed E-state index contributed by atoms with van der Waals surface area (Å²) in [5.74, 6) is 0.0334. The number of hydrogen-bond acceptors (Lipinski definition) is 3. The third kappa shape index (κ3) is 2.77. The van der Waals surface area contributed by atoms with Gasteiger partial charge in [0.15, 0.2) is 0 Å². The van der Waals surface area contributed by atoms with Crippen LogP contribution in [0.1, 0.15) is 30.4 Å². The molecule has 1 heterocycles. The molecule has 134 valence electrons. The van der Waals surface area contributed by atoms with Crippen LogP contribution in [0.4, 0.5) is 9.18 Å². The molecule has 0 N–H and O–H groups in total. The van der Waals surface area contributed by atoms with Crippen LogP contribution < -0.4 is 0 Å². The number of carbonyl (C=O) groups excluding carboxylic acids is 2. The molecule has 2 atom stereocenters. The van der Waals surface area contributed by atoms with E-state index in [0.717, 1.165) is 22.3 Å². The van der Waals surface area contributed by atoms with Crippen molar-refractivity contribution in [2.75, 3.05) is 13.2 Å². The summed E-state index contributed by atoms with van der Waals surface area (Å²) >= 11 is 0. The van der Waals surface area contributed by atoms with Gasteiger partial charge in [-0.2, -0.15) is 4.39 Å². The fourth-order valence-corrected chi connectivity index (χ4v) is 4.14. The first kappa shape index (κ1) is 16.8. The molecule has 2 unspecified atom stereocenters. The number of hydrogen-bond donors (Lipinski definition) is 0. The van der Waals surface area contributed by atoms with Crippen LogP contribution in [-0.4, -0.2) is 36.2 Å². The largest absolute Gasteiger partial charge is 0.448 e. The predicted octanol–water partition coefficient (Wildman–Crippen LogP) is 4.14. The van der Waals surface area contributed by atoms with Gasteiger partial charge in [-0.3, -0.25) is 9.69 Å². The summed E-state index contributed by atoms with van der Waals surface area (Å²) < 4.78 is 18.8. The number of benzene rings is 2. The van der Waals surface area contributed by atoms with Crippen molar-refractivity contribution in [1.29, 1.82) is 0 Å². The third-order valence-electron chi connectivity index (χ3n) is 5.34. The van der Waals surface area contributed by atoms with Gasteiger partial charge in [-0.15, -0.1) is 0 Å². The maximum Gasteiger partial charge on any atom is 0.410 e. The minimum absolute atomic E-state index is 0.0501. The summed E-state index contributed by atoms with van der Waals surface area (Å²) in [6.07, 6.45) is -0.272. The lowest BCUT2D eigenvalue weighted by molar-refractivity contribution is -0.133. The summed E-state index contributed by atoms with van der Waals surface area (Å²) in [6, 6.07) is 13.7. The Morgan fingerprint density at radius 1 is 1.08 bits per heavy atom. The molecular weight excluding hydrogens is 333 g/mol. The van der Waals surface area contributed by atoms with E-state index in [2.05, 4.69) is 12.1 Å².